The number of nitrogens with zero attached hydrogens (tertiary/aromatic N) is 3. The SMILES string of the molecule is c1ccc(-c2cc(-c3ccc(-c4ccc(-c5c6c(cc7c(-c8ccccc8)nc8ccccc8c57)oc5ccccc56)cc4)cc3)nc(-c3ccc(-c4cccc5c4oc4ccccc45)cc3)n2)cc1. The minimum absolute atomic E-state index is 0.664. The van der Waals surface area contributed by atoms with Gasteiger partial charge in [-0.3, -0.25) is 0 Å². The lowest BCUT2D eigenvalue weighted by molar-refractivity contribution is 0.669. The maximum Gasteiger partial charge on any atom is 0.160 e. The first kappa shape index (κ1) is 39.7. The molecule has 326 valence electrons. The molecule has 0 unspecified atom stereocenters. The molecule has 14 aromatic rings. The van der Waals surface area contributed by atoms with Crippen LogP contribution >= 0.6 is 0 Å². The maximum absolute atomic E-state index is 6.63. The molecule has 0 bridgehead atoms. The van der Waals surface area contributed by atoms with Crippen molar-refractivity contribution in [3.8, 4) is 78.5 Å². The summed E-state index contributed by atoms with van der Waals surface area (Å²) in [6, 6.07) is 82.6. The van der Waals surface area contributed by atoms with Gasteiger partial charge >= 0.3 is 0 Å². The predicted octanol–water partition coefficient (Wildman–Crippen LogP) is 17.6. The maximum atomic E-state index is 6.63. The van der Waals surface area contributed by atoms with Gasteiger partial charge in [0.2, 0.25) is 0 Å². The molecule has 0 radical (unpaired) electrons. The molecule has 5 heteroatoms. The molecule has 0 aliphatic heterocycles. The number of pyridine rings is 1. The van der Waals surface area contributed by atoms with Crippen LogP contribution in [0.25, 0.3) is 144 Å². The number of furan rings is 2. The van der Waals surface area contributed by atoms with Crippen molar-refractivity contribution in [2.45, 2.75) is 0 Å². The van der Waals surface area contributed by atoms with E-state index in [9.17, 15) is 0 Å². The normalized spacial score (nSPS) is 11.7. The zero-order chi connectivity index (χ0) is 46.1. The lowest BCUT2D eigenvalue weighted by Gasteiger charge is -2.16. The summed E-state index contributed by atoms with van der Waals surface area (Å²) in [6.07, 6.45) is 0. The second-order valence-corrected chi connectivity index (χ2v) is 17.8. The molecule has 0 spiro atoms. The van der Waals surface area contributed by atoms with E-state index in [1.165, 1.54) is 0 Å². The first-order chi connectivity index (χ1) is 34.7. The highest BCUT2D eigenvalue weighted by Crippen LogP contribution is 2.47. The highest BCUT2D eigenvalue weighted by molar-refractivity contribution is 6.27. The number of aromatic nitrogens is 3. The van der Waals surface area contributed by atoms with Crippen LogP contribution in [0.5, 0.6) is 0 Å². The molecule has 5 nitrogen and oxygen atoms in total. The Hall–Kier alpha value is -9.45. The lowest BCUT2D eigenvalue weighted by Crippen LogP contribution is -1.96. The smallest absolute Gasteiger partial charge is 0.160 e. The van der Waals surface area contributed by atoms with Crippen molar-refractivity contribution < 1.29 is 8.83 Å². The summed E-state index contributed by atoms with van der Waals surface area (Å²) in [5.74, 6) is 0.664. The molecule has 0 fully saturated rings. The fourth-order valence-electron chi connectivity index (χ4n) is 10.3. The van der Waals surface area contributed by atoms with Gasteiger partial charge in [-0.2, -0.15) is 0 Å². The van der Waals surface area contributed by atoms with E-state index in [0.29, 0.717) is 5.82 Å². The third-order valence-electron chi connectivity index (χ3n) is 13.7. The van der Waals surface area contributed by atoms with E-state index in [1.54, 1.807) is 0 Å². The zero-order valence-corrected chi connectivity index (χ0v) is 37.7. The van der Waals surface area contributed by atoms with Crippen LogP contribution in [0.15, 0.2) is 245 Å². The quantitative estimate of drug-likeness (QED) is 0.149. The largest absolute Gasteiger partial charge is 0.456 e. The molecule has 0 aliphatic rings. The van der Waals surface area contributed by atoms with Crippen LogP contribution in [0.2, 0.25) is 0 Å². The molecule has 0 saturated carbocycles. The van der Waals surface area contributed by atoms with E-state index >= 15 is 0 Å². The summed E-state index contributed by atoms with van der Waals surface area (Å²) < 4.78 is 13.0. The van der Waals surface area contributed by atoms with Gasteiger partial charge in [-0.1, -0.05) is 206 Å². The van der Waals surface area contributed by atoms with Gasteiger partial charge in [0.1, 0.15) is 22.3 Å². The molecule has 0 atom stereocenters. The van der Waals surface area contributed by atoms with E-state index in [-0.39, 0.29) is 0 Å². The number of rotatable bonds is 7. The minimum Gasteiger partial charge on any atom is -0.456 e. The summed E-state index contributed by atoms with van der Waals surface area (Å²) in [5, 5.41) is 7.75. The van der Waals surface area contributed by atoms with Crippen LogP contribution in [-0.2, 0) is 0 Å². The van der Waals surface area contributed by atoms with Crippen molar-refractivity contribution in [2.75, 3.05) is 0 Å². The Morgan fingerprint density at radius 2 is 0.814 bits per heavy atom. The monoisotopic (exact) mass is 893 g/mol. The summed E-state index contributed by atoms with van der Waals surface area (Å²) in [7, 11) is 0. The summed E-state index contributed by atoms with van der Waals surface area (Å²) >= 11 is 0. The number of fused-ring (bicyclic) bond motifs is 9. The van der Waals surface area contributed by atoms with Gasteiger partial charge < -0.3 is 8.83 Å². The molecule has 0 saturated heterocycles. The molecule has 0 amide bonds. The molecule has 14 rings (SSSR count). The zero-order valence-electron chi connectivity index (χ0n) is 37.7. The molecular formula is C65H39N3O2. The molecule has 70 heavy (non-hydrogen) atoms. The topological polar surface area (TPSA) is 65.0 Å². The summed E-state index contributed by atoms with van der Waals surface area (Å²) in [6.45, 7) is 0. The van der Waals surface area contributed by atoms with Crippen LogP contribution in [0.1, 0.15) is 0 Å². The van der Waals surface area contributed by atoms with Gasteiger partial charge in [-0.25, -0.2) is 15.0 Å². The van der Waals surface area contributed by atoms with Gasteiger partial charge in [-0.15, -0.1) is 0 Å². The molecule has 0 N–H and O–H groups in total. The highest BCUT2D eigenvalue weighted by atomic mass is 16.3. The van der Waals surface area contributed by atoms with E-state index in [4.69, 9.17) is 23.8 Å². The van der Waals surface area contributed by atoms with Crippen LogP contribution in [0.3, 0.4) is 0 Å². The molecule has 0 aliphatic carbocycles. The molecule has 10 aromatic carbocycles. The number of benzene rings is 10. The van der Waals surface area contributed by atoms with E-state index < -0.39 is 0 Å². The highest BCUT2D eigenvalue weighted by Gasteiger charge is 2.22. The van der Waals surface area contributed by atoms with Crippen LogP contribution in [-0.4, -0.2) is 15.0 Å². The van der Waals surface area contributed by atoms with Crippen molar-refractivity contribution in [2.24, 2.45) is 0 Å². The van der Waals surface area contributed by atoms with Crippen molar-refractivity contribution in [1.82, 2.24) is 15.0 Å². The third-order valence-corrected chi connectivity index (χ3v) is 13.7. The molecule has 4 aromatic heterocycles. The van der Waals surface area contributed by atoms with E-state index in [2.05, 4.69) is 194 Å². The lowest BCUT2D eigenvalue weighted by atomic mass is 9.89. The Bertz CT molecular complexity index is 4310. The van der Waals surface area contributed by atoms with Gasteiger partial charge in [0.05, 0.1) is 22.6 Å². The van der Waals surface area contributed by atoms with Gasteiger partial charge in [0.15, 0.2) is 5.82 Å². The fraction of sp³-hybridized carbons (Fsp3) is 0. The summed E-state index contributed by atoms with van der Waals surface area (Å²) in [5.41, 5.74) is 17.7. The second-order valence-electron chi connectivity index (χ2n) is 17.8. The van der Waals surface area contributed by atoms with E-state index in [0.717, 1.165) is 138 Å². The number of hydrogen-bond donors (Lipinski definition) is 0. The van der Waals surface area contributed by atoms with Crippen molar-refractivity contribution >= 4 is 65.6 Å². The Balaban J connectivity index is 0.842. The Morgan fingerprint density at radius 1 is 0.286 bits per heavy atom. The third kappa shape index (κ3) is 6.59. The average Bonchev–Trinajstić information content (AvgIpc) is 4.01. The second kappa shape index (κ2) is 16.1. The van der Waals surface area contributed by atoms with E-state index in [1.807, 2.05) is 42.5 Å². The van der Waals surface area contributed by atoms with Crippen LogP contribution in [0.4, 0.5) is 0 Å². The Labute approximate surface area is 402 Å². The first-order valence-electron chi connectivity index (χ1n) is 23.6. The standard InChI is InChI=1S/C65H39N3O2/c1-3-14-43(15-4-1)55-39-56(68-65(67-55)47-36-30-42(31-37-47)48-21-13-22-50-49-18-8-11-24-57(49)70-64(48)50)44-32-26-40(27-33-44)41-28-34-45(35-29-41)60-61-51-19-7-10-23-54(51)66-63(46-16-5-2-6-17-46)53(61)38-59-62(60)52-20-9-12-25-58(52)69-59/h1-39H. The van der Waals surface area contributed by atoms with Gasteiger partial charge in [0.25, 0.3) is 0 Å². The minimum atomic E-state index is 0.664. The van der Waals surface area contributed by atoms with Crippen LogP contribution in [0, 0.1) is 0 Å². The number of hydrogen-bond acceptors (Lipinski definition) is 5. The van der Waals surface area contributed by atoms with Gasteiger partial charge in [-0.05, 0) is 52.6 Å². The van der Waals surface area contributed by atoms with Crippen molar-refractivity contribution in [3.63, 3.8) is 0 Å². The molecular weight excluding hydrogens is 855 g/mol. The average molecular weight is 894 g/mol. The Morgan fingerprint density at radius 3 is 1.53 bits per heavy atom. The number of para-hydroxylation sites is 4. The molecule has 4 heterocycles. The first-order valence-corrected chi connectivity index (χ1v) is 23.6. The summed E-state index contributed by atoms with van der Waals surface area (Å²) in [4.78, 5) is 15.6. The van der Waals surface area contributed by atoms with Crippen LogP contribution < -0.4 is 0 Å². The Kier molecular flexibility index (Phi) is 9.14. The van der Waals surface area contributed by atoms with Crippen molar-refractivity contribution in [3.05, 3.63) is 237 Å². The fourth-order valence-corrected chi connectivity index (χ4v) is 10.3. The predicted molar refractivity (Wildman–Crippen MR) is 287 cm³/mol. The van der Waals surface area contributed by atoms with Crippen molar-refractivity contribution in [1.29, 1.82) is 0 Å². The van der Waals surface area contributed by atoms with Gasteiger partial charge in [0, 0.05) is 71.1 Å².